The summed E-state index contributed by atoms with van der Waals surface area (Å²) in [5, 5.41) is 0. The van der Waals surface area contributed by atoms with Gasteiger partial charge >= 0.3 is 0 Å². The van der Waals surface area contributed by atoms with Crippen molar-refractivity contribution in [1.82, 2.24) is 0 Å². The summed E-state index contributed by atoms with van der Waals surface area (Å²) in [6.45, 7) is 4.37. The molecule has 0 aromatic heterocycles. The maximum atomic E-state index is 12.0. The highest BCUT2D eigenvalue weighted by atomic mass is 16.1. The Balaban J connectivity index is 2.30. The molecule has 0 saturated heterocycles. The van der Waals surface area contributed by atoms with Crippen LogP contribution in [0, 0.1) is 17.3 Å². The van der Waals surface area contributed by atoms with E-state index in [2.05, 4.69) is 13.8 Å². The lowest BCUT2D eigenvalue weighted by molar-refractivity contribution is -0.132. The standard InChI is InChI=1S/C11H18O/c1-3-11(4-2)9-6-5-8(7-9)10(11)12/h8-9H,3-7H2,1-2H3/t8-,9+/m1/s1. The van der Waals surface area contributed by atoms with Gasteiger partial charge in [0.15, 0.2) is 0 Å². The summed E-state index contributed by atoms with van der Waals surface area (Å²) < 4.78 is 0. The van der Waals surface area contributed by atoms with Crippen molar-refractivity contribution < 1.29 is 4.79 Å². The van der Waals surface area contributed by atoms with Crippen LogP contribution in [0.1, 0.15) is 46.0 Å². The molecular weight excluding hydrogens is 148 g/mol. The van der Waals surface area contributed by atoms with Crippen LogP contribution in [0.2, 0.25) is 0 Å². The van der Waals surface area contributed by atoms with Gasteiger partial charge in [0, 0.05) is 11.3 Å². The fraction of sp³-hybridized carbons (Fsp3) is 0.909. The Morgan fingerprint density at radius 1 is 1.33 bits per heavy atom. The molecule has 1 heteroatoms. The van der Waals surface area contributed by atoms with E-state index in [0.29, 0.717) is 11.7 Å². The molecule has 2 rings (SSSR count). The Kier molecular flexibility index (Phi) is 1.78. The number of Topliss-reactive ketones (excluding diaryl/α,β-unsaturated/α-hetero) is 1. The zero-order valence-electron chi connectivity index (χ0n) is 8.10. The molecule has 0 N–H and O–H groups in total. The third kappa shape index (κ3) is 0.773. The molecule has 0 aliphatic heterocycles. The van der Waals surface area contributed by atoms with Gasteiger partial charge < -0.3 is 0 Å². The molecule has 0 heterocycles. The molecule has 12 heavy (non-hydrogen) atoms. The molecule has 2 fully saturated rings. The highest BCUT2D eigenvalue weighted by molar-refractivity contribution is 5.90. The summed E-state index contributed by atoms with van der Waals surface area (Å²) in [4.78, 5) is 12.0. The van der Waals surface area contributed by atoms with Gasteiger partial charge in [-0.25, -0.2) is 0 Å². The van der Waals surface area contributed by atoms with Crippen LogP contribution in [-0.2, 0) is 4.79 Å². The molecule has 2 saturated carbocycles. The first-order chi connectivity index (χ1) is 5.74. The maximum absolute atomic E-state index is 12.0. The zero-order valence-corrected chi connectivity index (χ0v) is 8.10. The zero-order chi connectivity index (χ0) is 8.77. The van der Waals surface area contributed by atoms with Crippen molar-refractivity contribution in [2.75, 3.05) is 0 Å². The van der Waals surface area contributed by atoms with E-state index in [1.807, 2.05) is 0 Å². The van der Waals surface area contributed by atoms with Crippen molar-refractivity contribution in [3.63, 3.8) is 0 Å². The summed E-state index contributed by atoms with van der Waals surface area (Å²) in [6, 6.07) is 0. The number of ketones is 1. The largest absolute Gasteiger partial charge is 0.299 e. The Hall–Kier alpha value is -0.330. The van der Waals surface area contributed by atoms with Crippen LogP contribution in [0.5, 0.6) is 0 Å². The molecule has 2 aliphatic carbocycles. The van der Waals surface area contributed by atoms with Gasteiger partial charge in [-0.3, -0.25) is 4.79 Å². The van der Waals surface area contributed by atoms with Crippen molar-refractivity contribution >= 4 is 5.78 Å². The first-order valence-electron chi connectivity index (χ1n) is 5.29. The number of carbonyl (C=O) groups is 1. The minimum atomic E-state index is 0.114. The lowest BCUT2D eigenvalue weighted by Crippen LogP contribution is -2.35. The van der Waals surface area contributed by atoms with E-state index in [0.717, 1.165) is 18.8 Å². The Morgan fingerprint density at radius 2 is 2.00 bits per heavy atom. The minimum Gasteiger partial charge on any atom is -0.299 e. The predicted molar refractivity (Wildman–Crippen MR) is 48.9 cm³/mol. The summed E-state index contributed by atoms with van der Waals surface area (Å²) in [5.41, 5.74) is 0.114. The number of hydrogen-bond donors (Lipinski definition) is 0. The molecule has 1 nitrogen and oxygen atoms in total. The number of carbonyl (C=O) groups excluding carboxylic acids is 1. The fourth-order valence-electron chi connectivity index (χ4n) is 3.51. The lowest BCUT2D eigenvalue weighted by atomic mass is 9.69. The predicted octanol–water partition coefficient (Wildman–Crippen LogP) is 2.79. The fourth-order valence-corrected chi connectivity index (χ4v) is 3.51. The van der Waals surface area contributed by atoms with E-state index in [1.54, 1.807) is 0 Å². The number of rotatable bonds is 2. The van der Waals surface area contributed by atoms with Gasteiger partial charge in [-0.05, 0) is 38.0 Å². The Labute approximate surface area is 74.5 Å². The topological polar surface area (TPSA) is 17.1 Å². The summed E-state index contributed by atoms with van der Waals surface area (Å²) >= 11 is 0. The van der Waals surface area contributed by atoms with Gasteiger partial charge in [-0.1, -0.05) is 13.8 Å². The van der Waals surface area contributed by atoms with E-state index in [-0.39, 0.29) is 5.41 Å². The van der Waals surface area contributed by atoms with E-state index in [1.165, 1.54) is 19.3 Å². The summed E-state index contributed by atoms with van der Waals surface area (Å²) in [7, 11) is 0. The van der Waals surface area contributed by atoms with E-state index in [9.17, 15) is 4.79 Å². The normalized spacial score (nSPS) is 37.7. The smallest absolute Gasteiger partial charge is 0.142 e. The second kappa shape index (κ2) is 2.58. The van der Waals surface area contributed by atoms with Gasteiger partial charge in [0.2, 0.25) is 0 Å². The van der Waals surface area contributed by atoms with Gasteiger partial charge in [0.05, 0.1) is 0 Å². The number of fused-ring (bicyclic) bond motifs is 2. The van der Waals surface area contributed by atoms with Crippen LogP contribution in [0.3, 0.4) is 0 Å². The maximum Gasteiger partial charge on any atom is 0.142 e. The van der Waals surface area contributed by atoms with E-state index in [4.69, 9.17) is 0 Å². The monoisotopic (exact) mass is 166 g/mol. The molecule has 0 amide bonds. The van der Waals surface area contributed by atoms with Gasteiger partial charge in [0.1, 0.15) is 5.78 Å². The van der Waals surface area contributed by atoms with Crippen LogP contribution in [-0.4, -0.2) is 5.78 Å². The molecule has 2 atom stereocenters. The van der Waals surface area contributed by atoms with Crippen molar-refractivity contribution in [3.8, 4) is 0 Å². The molecule has 0 spiro atoms. The second-order valence-corrected chi connectivity index (χ2v) is 4.43. The lowest BCUT2D eigenvalue weighted by Gasteiger charge is -2.34. The Morgan fingerprint density at radius 3 is 2.33 bits per heavy atom. The molecule has 0 aromatic carbocycles. The SMILES string of the molecule is CCC1(CC)C(=O)[C@@H]2CC[C@H]1C2. The van der Waals surface area contributed by atoms with Crippen LogP contribution in [0.4, 0.5) is 0 Å². The highest BCUT2D eigenvalue weighted by Crippen LogP contribution is 2.56. The van der Waals surface area contributed by atoms with Gasteiger partial charge in [0.25, 0.3) is 0 Å². The van der Waals surface area contributed by atoms with E-state index >= 15 is 0 Å². The molecule has 68 valence electrons. The van der Waals surface area contributed by atoms with Crippen molar-refractivity contribution in [3.05, 3.63) is 0 Å². The molecule has 0 radical (unpaired) electrons. The summed E-state index contributed by atoms with van der Waals surface area (Å²) in [5.74, 6) is 1.80. The highest BCUT2D eigenvalue weighted by Gasteiger charge is 2.55. The van der Waals surface area contributed by atoms with E-state index < -0.39 is 0 Å². The number of hydrogen-bond acceptors (Lipinski definition) is 1. The third-order valence-electron chi connectivity index (χ3n) is 4.34. The Bertz CT molecular complexity index is 203. The second-order valence-electron chi connectivity index (χ2n) is 4.43. The molecule has 0 unspecified atom stereocenters. The first-order valence-corrected chi connectivity index (χ1v) is 5.29. The van der Waals surface area contributed by atoms with Crippen LogP contribution in [0.15, 0.2) is 0 Å². The molecule has 0 aromatic rings. The van der Waals surface area contributed by atoms with Crippen molar-refractivity contribution in [1.29, 1.82) is 0 Å². The van der Waals surface area contributed by atoms with Crippen LogP contribution >= 0.6 is 0 Å². The third-order valence-corrected chi connectivity index (χ3v) is 4.34. The van der Waals surface area contributed by atoms with Crippen LogP contribution in [0.25, 0.3) is 0 Å². The van der Waals surface area contributed by atoms with Gasteiger partial charge in [-0.15, -0.1) is 0 Å². The minimum absolute atomic E-state index is 0.114. The van der Waals surface area contributed by atoms with Crippen molar-refractivity contribution in [2.24, 2.45) is 17.3 Å². The van der Waals surface area contributed by atoms with Crippen LogP contribution < -0.4 is 0 Å². The molecule has 2 aliphatic rings. The van der Waals surface area contributed by atoms with Crippen molar-refractivity contribution in [2.45, 2.75) is 46.0 Å². The molecular formula is C11H18O. The average molecular weight is 166 g/mol. The average Bonchev–Trinajstić information content (AvgIpc) is 2.64. The quantitative estimate of drug-likeness (QED) is 0.616. The molecule has 2 bridgehead atoms. The van der Waals surface area contributed by atoms with Gasteiger partial charge in [-0.2, -0.15) is 0 Å². The summed E-state index contributed by atoms with van der Waals surface area (Å²) in [6.07, 6.45) is 5.86. The first kappa shape index (κ1) is 8.28.